The molecule has 0 bridgehead atoms. The van der Waals surface area contributed by atoms with Gasteiger partial charge in [-0.1, -0.05) is 28.1 Å². The van der Waals surface area contributed by atoms with Gasteiger partial charge in [0.25, 0.3) is 0 Å². The van der Waals surface area contributed by atoms with E-state index in [1.54, 1.807) is 30.3 Å². The maximum absolute atomic E-state index is 13.4. The van der Waals surface area contributed by atoms with Gasteiger partial charge in [-0.25, -0.2) is 0 Å². The molecule has 2 aromatic carbocycles. The van der Waals surface area contributed by atoms with Crippen LogP contribution in [0.5, 0.6) is 5.75 Å². The molecule has 0 radical (unpaired) electrons. The van der Waals surface area contributed by atoms with Crippen molar-refractivity contribution in [2.45, 2.75) is 5.41 Å². The first-order valence-corrected chi connectivity index (χ1v) is 11.4. The highest BCUT2D eigenvalue weighted by molar-refractivity contribution is 9.11. The minimum absolute atomic E-state index is 0.0358. The maximum Gasteiger partial charge on any atom is 0.340 e. The van der Waals surface area contributed by atoms with Crippen molar-refractivity contribution in [1.82, 2.24) is 0 Å². The number of nitrogens with two attached hydrogens (primary N) is 1. The van der Waals surface area contributed by atoms with Gasteiger partial charge >= 0.3 is 10.1 Å². The van der Waals surface area contributed by atoms with Gasteiger partial charge in [-0.2, -0.15) is 13.7 Å². The maximum atomic E-state index is 13.4. The van der Waals surface area contributed by atoms with E-state index in [4.69, 9.17) is 14.7 Å². The van der Waals surface area contributed by atoms with E-state index in [-0.39, 0.29) is 28.5 Å². The van der Waals surface area contributed by atoms with Crippen LogP contribution < -0.4 is 15.2 Å². The minimum atomic E-state index is -4.53. The zero-order valence-electron chi connectivity index (χ0n) is 14.7. The average molecular weight is 551 g/mol. The Kier molecular flexibility index (Phi) is 3.90. The van der Waals surface area contributed by atoms with E-state index in [9.17, 15) is 18.5 Å². The Labute approximate surface area is 187 Å². The first kappa shape index (κ1) is 19.2. The number of nitriles is 1. The lowest BCUT2D eigenvalue weighted by Crippen LogP contribution is -2.47. The third kappa shape index (κ3) is 2.24. The Morgan fingerprint density at radius 2 is 1.93 bits per heavy atom. The fraction of sp³-hybridized carbons (Fsp3) is 0.0526. The molecule has 0 saturated heterocycles. The summed E-state index contributed by atoms with van der Waals surface area (Å²) in [5.74, 6) is -1.22. The second-order valence-corrected chi connectivity index (χ2v) is 9.91. The molecule has 3 aliphatic heterocycles. The third-order valence-corrected chi connectivity index (χ3v) is 7.59. The molecule has 3 heterocycles. The summed E-state index contributed by atoms with van der Waals surface area (Å²) < 4.78 is 38.6. The van der Waals surface area contributed by atoms with Gasteiger partial charge in [0.15, 0.2) is 21.8 Å². The van der Waals surface area contributed by atoms with Crippen molar-refractivity contribution in [2.75, 3.05) is 5.32 Å². The second kappa shape index (κ2) is 6.10. The molecule has 0 aromatic heterocycles. The number of amides is 1. The summed E-state index contributed by atoms with van der Waals surface area (Å²) >= 11 is 6.73. The molecule has 2 aromatic rings. The number of fused-ring (bicyclic) bond motifs is 5. The number of hydrogen-bond acceptors (Lipinski definition) is 7. The number of halogens is 2. The van der Waals surface area contributed by atoms with Gasteiger partial charge in [0, 0.05) is 14.5 Å². The molecule has 30 heavy (non-hydrogen) atoms. The molecule has 3 aliphatic rings. The Morgan fingerprint density at radius 3 is 2.67 bits per heavy atom. The fourth-order valence-electron chi connectivity index (χ4n) is 3.98. The van der Waals surface area contributed by atoms with Crippen molar-refractivity contribution < 1.29 is 22.1 Å². The summed E-state index contributed by atoms with van der Waals surface area (Å²) in [6, 6.07) is 11.4. The fourth-order valence-corrected chi connectivity index (χ4v) is 6.83. The number of hydrogen-bond donors (Lipinski definition) is 2. The van der Waals surface area contributed by atoms with Crippen LogP contribution in [0.15, 0.2) is 61.7 Å². The number of ether oxygens (including phenoxy) is 1. The summed E-state index contributed by atoms with van der Waals surface area (Å²) in [6.45, 7) is 0. The topological polar surface area (TPSA) is 132 Å². The zero-order chi connectivity index (χ0) is 21.4. The molecule has 11 heteroatoms. The van der Waals surface area contributed by atoms with Crippen molar-refractivity contribution in [2.24, 2.45) is 5.73 Å². The molecule has 150 valence electrons. The molecule has 3 N–H and O–H groups in total. The summed E-state index contributed by atoms with van der Waals surface area (Å²) in [4.78, 5) is 13.0. The van der Waals surface area contributed by atoms with Crippen molar-refractivity contribution in [3.8, 4) is 11.8 Å². The average Bonchev–Trinajstić information content (AvgIpc) is 2.94. The molecule has 5 rings (SSSR count). The molecule has 0 fully saturated rings. The number of anilines is 1. The number of benzene rings is 2. The first-order valence-electron chi connectivity index (χ1n) is 8.39. The Hall–Kier alpha value is -2.81. The van der Waals surface area contributed by atoms with Crippen LogP contribution in [-0.4, -0.2) is 14.3 Å². The van der Waals surface area contributed by atoms with Gasteiger partial charge in [-0.15, -0.1) is 0 Å². The van der Waals surface area contributed by atoms with E-state index in [1.165, 1.54) is 6.07 Å². The van der Waals surface area contributed by atoms with Gasteiger partial charge in [0.2, 0.25) is 11.8 Å². The summed E-state index contributed by atoms with van der Waals surface area (Å²) in [5.41, 5.74) is 4.51. The van der Waals surface area contributed by atoms with Gasteiger partial charge in [0.1, 0.15) is 11.6 Å². The molecule has 0 saturated carbocycles. The largest absolute Gasteiger partial charge is 0.438 e. The van der Waals surface area contributed by atoms with Crippen LogP contribution in [0, 0.1) is 11.3 Å². The molecule has 1 atom stereocenters. The predicted octanol–water partition coefficient (Wildman–Crippen LogP) is 3.22. The number of carbonyl (C=O) groups excluding carboxylic acids is 1. The lowest BCUT2D eigenvalue weighted by Gasteiger charge is -2.37. The number of nitrogens with one attached hydrogen (secondary N) is 1. The van der Waals surface area contributed by atoms with Gasteiger partial charge in [-0.05, 0) is 40.2 Å². The van der Waals surface area contributed by atoms with Crippen LogP contribution in [-0.2, 0) is 25.1 Å². The van der Waals surface area contributed by atoms with Crippen molar-refractivity contribution in [1.29, 1.82) is 5.26 Å². The summed E-state index contributed by atoms with van der Waals surface area (Å²) in [5, 5.41) is 12.6. The lowest BCUT2D eigenvalue weighted by atomic mass is 9.73. The first-order chi connectivity index (χ1) is 14.2. The minimum Gasteiger partial charge on any atom is -0.438 e. The van der Waals surface area contributed by atoms with Crippen LogP contribution in [0.3, 0.4) is 0 Å². The number of carbonyl (C=O) groups is 1. The molecule has 8 nitrogen and oxygen atoms in total. The van der Waals surface area contributed by atoms with Crippen molar-refractivity contribution >= 4 is 59.3 Å². The molecule has 0 aliphatic carbocycles. The predicted molar refractivity (Wildman–Crippen MR) is 113 cm³/mol. The van der Waals surface area contributed by atoms with Crippen LogP contribution in [0.1, 0.15) is 11.1 Å². The van der Waals surface area contributed by atoms with Gasteiger partial charge < -0.3 is 20.0 Å². The van der Waals surface area contributed by atoms with E-state index < -0.39 is 26.3 Å². The van der Waals surface area contributed by atoms with E-state index in [1.807, 2.05) is 6.07 Å². The van der Waals surface area contributed by atoms with Crippen LogP contribution >= 0.6 is 31.9 Å². The highest BCUT2D eigenvalue weighted by atomic mass is 79.9. The third-order valence-electron chi connectivity index (χ3n) is 5.11. The Bertz CT molecular complexity index is 1410. The number of rotatable bonds is 0. The van der Waals surface area contributed by atoms with Crippen LogP contribution in [0.4, 0.5) is 5.69 Å². The van der Waals surface area contributed by atoms with Crippen LogP contribution in [0.2, 0.25) is 0 Å². The molecular formula is C19H9Br2N3O5S. The zero-order valence-corrected chi connectivity index (χ0v) is 18.7. The monoisotopic (exact) mass is 549 g/mol. The van der Waals surface area contributed by atoms with Crippen molar-refractivity contribution in [3.63, 3.8) is 0 Å². The van der Waals surface area contributed by atoms with Gasteiger partial charge in [0.05, 0.1) is 11.3 Å². The highest BCUT2D eigenvalue weighted by Gasteiger charge is 2.63. The standard InChI is InChI=1S/C19H9Br2N3O5S/c20-8-5-10-14(12(21)6-8)24-18(25)19(10)11(7-22)17(23)28-15-9-3-1-2-4-13(9)29-30(26,27)16(15)19/h1-6H,23H2,(H,24,25). The number of para-hydroxylation sites is 1. The summed E-state index contributed by atoms with van der Waals surface area (Å²) in [7, 11) is -4.53. The van der Waals surface area contributed by atoms with Crippen LogP contribution in [0.25, 0.3) is 5.76 Å². The van der Waals surface area contributed by atoms with Gasteiger partial charge in [-0.3, -0.25) is 4.79 Å². The SMILES string of the molecule is N#CC1=C(N)OC2=C(C13C(=O)Nc1c(Br)cc(Br)cc13)S(=O)(=O)Oc1ccccc12. The molecule has 1 spiro atoms. The van der Waals surface area contributed by atoms with E-state index in [0.717, 1.165) is 0 Å². The number of nitrogens with zero attached hydrogens (tertiary/aromatic N) is 1. The normalized spacial score (nSPS) is 23.0. The van der Waals surface area contributed by atoms with E-state index >= 15 is 0 Å². The molecule has 1 amide bonds. The lowest BCUT2D eigenvalue weighted by molar-refractivity contribution is -0.118. The highest BCUT2D eigenvalue weighted by Crippen LogP contribution is 2.58. The summed E-state index contributed by atoms with van der Waals surface area (Å²) in [6.07, 6.45) is 0. The van der Waals surface area contributed by atoms with Crippen molar-refractivity contribution in [3.05, 3.63) is 72.8 Å². The van der Waals surface area contributed by atoms with E-state index in [0.29, 0.717) is 20.2 Å². The smallest absolute Gasteiger partial charge is 0.340 e. The molecular weight excluding hydrogens is 542 g/mol. The second-order valence-electron chi connectivity index (χ2n) is 6.66. The van der Waals surface area contributed by atoms with E-state index in [2.05, 4.69) is 37.2 Å². The quantitative estimate of drug-likeness (QED) is 0.481. The molecule has 1 unspecified atom stereocenters. The Morgan fingerprint density at radius 1 is 1.20 bits per heavy atom. The Balaban J connectivity index is 2.00.